The maximum Gasteiger partial charge on any atom is 0.336 e. The van der Waals surface area contributed by atoms with Crippen molar-refractivity contribution >= 4 is 23.3 Å². The molecule has 3 aromatic rings. The Bertz CT molecular complexity index is 946. The average Bonchev–Trinajstić information content (AvgIpc) is 2.61. The van der Waals surface area contributed by atoms with E-state index >= 15 is 0 Å². The van der Waals surface area contributed by atoms with Crippen LogP contribution in [0.4, 0.5) is 11.4 Å². The lowest BCUT2D eigenvalue weighted by molar-refractivity contribution is 0.0686. The molecule has 130 valence electrons. The van der Waals surface area contributed by atoms with Crippen LogP contribution in [0.1, 0.15) is 20.7 Å². The van der Waals surface area contributed by atoms with E-state index in [0.29, 0.717) is 22.3 Å². The monoisotopic (exact) mass is 348 g/mol. The Kier molecular flexibility index (Phi) is 4.33. The summed E-state index contributed by atoms with van der Waals surface area (Å²) in [4.78, 5) is 23.3. The molecule has 0 heterocycles. The summed E-state index contributed by atoms with van der Waals surface area (Å²) in [5.74, 6) is -2.25. The molecule has 0 aromatic heterocycles. The van der Waals surface area contributed by atoms with Gasteiger partial charge in [-0.05, 0) is 35.4 Å². The predicted molar refractivity (Wildman–Crippen MR) is 100 cm³/mol. The molecule has 0 spiro atoms. The number of hydrogen-bond acceptors (Lipinski definition) is 4. The summed E-state index contributed by atoms with van der Waals surface area (Å²) in [5, 5.41) is 19.1. The number of hydrogen-bond donors (Lipinski definition) is 4. The minimum atomic E-state index is -1.12. The zero-order chi connectivity index (χ0) is 18.8. The Balaban J connectivity index is 2.39. The van der Waals surface area contributed by atoms with Crippen LogP contribution >= 0.6 is 0 Å². The van der Waals surface area contributed by atoms with Crippen LogP contribution < -0.4 is 11.5 Å². The molecule has 26 heavy (non-hydrogen) atoms. The summed E-state index contributed by atoms with van der Waals surface area (Å²) < 4.78 is 0. The fourth-order valence-electron chi connectivity index (χ4n) is 3.02. The molecule has 6 heteroatoms. The summed E-state index contributed by atoms with van der Waals surface area (Å²) in [6.07, 6.45) is 0. The molecule has 6 N–H and O–H groups in total. The molecule has 0 amide bonds. The predicted octanol–water partition coefficient (Wildman–Crippen LogP) is 3.58. The fourth-order valence-corrected chi connectivity index (χ4v) is 3.02. The van der Waals surface area contributed by atoms with Gasteiger partial charge in [0.05, 0.1) is 11.1 Å². The van der Waals surface area contributed by atoms with Crippen molar-refractivity contribution in [1.82, 2.24) is 0 Å². The maximum atomic E-state index is 11.7. The lowest BCUT2D eigenvalue weighted by Gasteiger charge is -2.17. The van der Waals surface area contributed by atoms with Crippen molar-refractivity contribution in [3.05, 3.63) is 71.8 Å². The van der Waals surface area contributed by atoms with Crippen LogP contribution in [0.3, 0.4) is 0 Å². The number of rotatable bonds is 4. The second-order valence-electron chi connectivity index (χ2n) is 5.70. The average molecular weight is 348 g/mol. The number of aromatic carboxylic acids is 2. The molecular weight excluding hydrogens is 332 g/mol. The van der Waals surface area contributed by atoms with Crippen LogP contribution in [0, 0.1) is 0 Å². The van der Waals surface area contributed by atoms with Gasteiger partial charge < -0.3 is 21.7 Å². The van der Waals surface area contributed by atoms with Crippen molar-refractivity contribution in [1.29, 1.82) is 0 Å². The molecule has 3 aromatic carbocycles. The van der Waals surface area contributed by atoms with Crippen LogP contribution in [0.2, 0.25) is 0 Å². The molecule has 0 fully saturated rings. The van der Waals surface area contributed by atoms with E-state index in [9.17, 15) is 19.8 Å². The van der Waals surface area contributed by atoms with Gasteiger partial charge in [-0.2, -0.15) is 0 Å². The third kappa shape index (κ3) is 2.84. The second kappa shape index (κ2) is 6.60. The van der Waals surface area contributed by atoms with E-state index in [2.05, 4.69) is 0 Å². The van der Waals surface area contributed by atoms with E-state index in [1.807, 2.05) is 0 Å². The summed E-state index contributed by atoms with van der Waals surface area (Å²) in [7, 11) is 0. The van der Waals surface area contributed by atoms with E-state index in [-0.39, 0.29) is 22.5 Å². The summed E-state index contributed by atoms with van der Waals surface area (Å²) in [6, 6.07) is 16.1. The van der Waals surface area contributed by atoms with Gasteiger partial charge in [0.25, 0.3) is 0 Å². The lowest BCUT2D eigenvalue weighted by Crippen LogP contribution is -2.06. The highest BCUT2D eigenvalue weighted by atomic mass is 16.4. The Morgan fingerprint density at radius 1 is 0.615 bits per heavy atom. The first-order valence-electron chi connectivity index (χ1n) is 7.75. The first-order valence-corrected chi connectivity index (χ1v) is 7.75. The molecule has 6 nitrogen and oxygen atoms in total. The van der Waals surface area contributed by atoms with Crippen LogP contribution in [-0.2, 0) is 0 Å². The van der Waals surface area contributed by atoms with Gasteiger partial charge >= 0.3 is 11.9 Å². The highest BCUT2D eigenvalue weighted by Crippen LogP contribution is 2.40. The largest absolute Gasteiger partial charge is 0.478 e. The number of carboxylic acid groups (broad SMARTS) is 2. The van der Waals surface area contributed by atoms with Crippen molar-refractivity contribution in [3.63, 3.8) is 0 Å². The van der Waals surface area contributed by atoms with Crippen molar-refractivity contribution in [2.75, 3.05) is 11.5 Å². The van der Waals surface area contributed by atoms with Crippen molar-refractivity contribution in [3.8, 4) is 22.3 Å². The molecule has 0 bridgehead atoms. The number of benzene rings is 3. The number of nitrogen functional groups attached to an aromatic ring is 2. The molecule has 0 aliphatic rings. The number of anilines is 2. The topological polar surface area (TPSA) is 127 Å². The van der Waals surface area contributed by atoms with Gasteiger partial charge in [0.2, 0.25) is 0 Å². The second-order valence-corrected chi connectivity index (χ2v) is 5.70. The van der Waals surface area contributed by atoms with Crippen molar-refractivity contribution in [2.45, 2.75) is 0 Å². The fraction of sp³-hybridized carbons (Fsp3) is 0. The smallest absolute Gasteiger partial charge is 0.336 e. The Hall–Kier alpha value is -3.80. The molecule has 0 saturated heterocycles. The third-order valence-corrected chi connectivity index (χ3v) is 4.12. The van der Waals surface area contributed by atoms with Gasteiger partial charge in [0.1, 0.15) is 0 Å². The van der Waals surface area contributed by atoms with Gasteiger partial charge in [-0.1, -0.05) is 36.4 Å². The molecule has 0 aliphatic heterocycles. The highest BCUT2D eigenvalue weighted by Gasteiger charge is 2.21. The lowest BCUT2D eigenvalue weighted by atomic mass is 9.88. The maximum absolute atomic E-state index is 11.7. The normalized spacial score (nSPS) is 10.5. The van der Waals surface area contributed by atoms with Crippen LogP contribution in [0.25, 0.3) is 22.3 Å². The van der Waals surface area contributed by atoms with Gasteiger partial charge in [-0.25, -0.2) is 9.59 Å². The minimum Gasteiger partial charge on any atom is -0.478 e. The Labute approximate surface area is 149 Å². The molecule has 3 rings (SSSR count). The SMILES string of the molecule is Nc1cccc(C(=O)O)c1-c1ccccc1-c1c(N)cccc1C(=O)O. The summed E-state index contributed by atoms with van der Waals surface area (Å²) in [5.41, 5.74) is 14.4. The van der Waals surface area contributed by atoms with Gasteiger partial charge in [0, 0.05) is 22.5 Å². The van der Waals surface area contributed by atoms with E-state index in [1.54, 1.807) is 48.5 Å². The Morgan fingerprint density at radius 2 is 1.00 bits per heavy atom. The number of carboxylic acids is 2. The molecule has 0 radical (unpaired) electrons. The van der Waals surface area contributed by atoms with Crippen molar-refractivity contribution < 1.29 is 19.8 Å². The zero-order valence-electron chi connectivity index (χ0n) is 13.6. The number of nitrogens with two attached hydrogens (primary N) is 2. The Morgan fingerprint density at radius 3 is 1.35 bits per heavy atom. The quantitative estimate of drug-likeness (QED) is 0.534. The molecule has 0 saturated carbocycles. The van der Waals surface area contributed by atoms with E-state index in [4.69, 9.17) is 11.5 Å². The van der Waals surface area contributed by atoms with Gasteiger partial charge in [-0.15, -0.1) is 0 Å². The highest BCUT2D eigenvalue weighted by molar-refractivity contribution is 6.07. The van der Waals surface area contributed by atoms with Crippen LogP contribution in [-0.4, -0.2) is 22.2 Å². The molecule has 0 unspecified atom stereocenters. The number of carbonyl (C=O) groups is 2. The van der Waals surface area contributed by atoms with Crippen LogP contribution in [0.15, 0.2) is 60.7 Å². The van der Waals surface area contributed by atoms with Gasteiger partial charge in [-0.3, -0.25) is 0 Å². The summed E-state index contributed by atoms with van der Waals surface area (Å²) in [6.45, 7) is 0. The first-order chi connectivity index (χ1) is 12.4. The minimum absolute atomic E-state index is 0.0313. The van der Waals surface area contributed by atoms with Gasteiger partial charge in [0.15, 0.2) is 0 Å². The molecule has 0 aliphatic carbocycles. The standard InChI is InChI=1S/C20H16N2O4/c21-15-9-3-7-13(19(23)24)17(15)11-5-1-2-6-12(11)18-14(20(25)26)8-4-10-16(18)22/h1-10H,21-22H2,(H,23,24)(H,25,26). The van der Waals surface area contributed by atoms with E-state index in [1.165, 1.54) is 12.1 Å². The third-order valence-electron chi connectivity index (χ3n) is 4.12. The first kappa shape index (κ1) is 17.0. The van der Waals surface area contributed by atoms with E-state index < -0.39 is 11.9 Å². The zero-order valence-corrected chi connectivity index (χ0v) is 13.6. The molecular formula is C20H16N2O4. The summed E-state index contributed by atoms with van der Waals surface area (Å²) >= 11 is 0. The van der Waals surface area contributed by atoms with Crippen molar-refractivity contribution in [2.24, 2.45) is 0 Å². The van der Waals surface area contributed by atoms with Crippen LogP contribution in [0.5, 0.6) is 0 Å². The van der Waals surface area contributed by atoms with E-state index in [0.717, 1.165) is 0 Å². The molecule has 0 atom stereocenters.